The first-order valence-corrected chi connectivity index (χ1v) is 5.07. The van der Waals surface area contributed by atoms with Gasteiger partial charge >= 0.3 is 0 Å². The van der Waals surface area contributed by atoms with E-state index in [-0.39, 0.29) is 11.9 Å². The normalized spacial score (nSPS) is 12.4. The Balaban J connectivity index is 2.50. The molecular formula is C12H17FN2. The molecule has 1 aromatic rings. The lowest BCUT2D eigenvalue weighted by Crippen LogP contribution is -2.36. The monoisotopic (exact) mass is 208 g/mol. The smallest absolute Gasteiger partial charge is 0.123 e. The highest BCUT2D eigenvalue weighted by molar-refractivity contribution is 5.17. The summed E-state index contributed by atoms with van der Waals surface area (Å²) in [5, 5.41) is 0. The molecule has 0 saturated carbocycles. The van der Waals surface area contributed by atoms with Crippen LogP contribution in [-0.2, 0) is 6.42 Å². The Kier molecular flexibility index (Phi) is 5.01. The van der Waals surface area contributed by atoms with Crippen molar-refractivity contribution in [3.8, 4) is 0 Å². The number of halogens is 1. The standard InChI is InChI=1S/C12H17FN2/c1-2-3-4-12(15-14)9-10-5-7-11(13)8-6-10/h2,5-8,12,15H,1,3-4,9,14H2. The van der Waals surface area contributed by atoms with Crippen LogP contribution in [0.3, 0.4) is 0 Å². The van der Waals surface area contributed by atoms with Crippen molar-refractivity contribution in [1.29, 1.82) is 0 Å². The molecule has 0 bridgehead atoms. The maximum atomic E-state index is 12.7. The Morgan fingerprint density at radius 1 is 1.40 bits per heavy atom. The van der Waals surface area contributed by atoms with Crippen LogP contribution in [0.2, 0.25) is 0 Å². The first-order chi connectivity index (χ1) is 7.26. The number of allylic oxidation sites excluding steroid dienone is 1. The van der Waals surface area contributed by atoms with Crippen LogP contribution < -0.4 is 11.3 Å². The zero-order valence-electron chi connectivity index (χ0n) is 8.75. The molecule has 82 valence electrons. The van der Waals surface area contributed by atoms with Crippen LogP contribution in [0.25, 0.3) is 0 Å². The number of benzene rings is 1. The fraction of sp³-hybridized carbons (Fsp3) is 0.333. The van der Waals surface area contributed by atoms with Gasteiger partial charge in [-0.3, -0.25) is 11.3 Å². The Morgan fingerprint density at radius 3 is 2.60 bits per heavy atom. The molecule has 1 rings (SSSR count). The summed E-state index contributed by atoms with van der Waals surface area (Å²) in [7, 11) is 0. The van der Waals surface area contributed by atoms with E-state index >= 15 is 0 Å². The molecule has 0 fully saturated rings. The summed E-state index contributed by atoms with van der Waals surface area (Å²) in [6.07, 6.45) is 4.55. The lowest BCUT2D eigenvalue weighted by Gasteiger charge is -2.14. The summed E-state index contributed by atoms with van der Waals surface area (Å²) < 4.78 is 12.7. The van der Waals surface area contributed by atoms with Crippen molar-refractivity contribution in [1.82, 2.24) is 5.43 Å². The first-order valence-electron chi connectivity index (χ1n) is 5.07. The predicted molar refractivity (Wildman–Crippen MR) is 60.6 cm³/mol. The van der Waals surface area contributed by atoms with Crippen molar-refractivity contribution in [3.63, 3.8) is 0 Å². The van der Waals surface area contributed by atoms with Crippen LogP contribution in [0.15, 0.2) is 36.9 Å². The highest BCUT2D eigenvalue weighted by atomic mass is 19.1. The second-order valence-electron chi connectivity index (χ2n) is 3.56. The lowest BCUT2D eigenvalue weighted by atomic mass is 10.0. The summed E-state index contributed by atoms with van der Waals surface area (Å²) >= 11 is 0. The molecule has 0 heterocycles. The van der Waals surface area contributed by atoms with Gasteiger partial charge in [0.15, 0.2) is 0 Å². The Hall–Kier alpha value is -1.19. The zero-order valence-corrected chi connectivity index (χ0v) is 8.75. The summed E-state index contributed by atoms with van der Waals surface area (Å²) in [5.74, 6) is 5.23. The molecule has 0 amide bonds. The third-order valence-corrected chi connectivity index (χ3v) is 2.35. The molecule has 1 unspecified atom stereocenters. The van der Waals surface area contributed by atoms with Gasteiger partial charge < -0.3 is 0 Å². The topological polar surface area (TPSA) is 38.0 Å². The van der Waals surface area contributed by atoms with Crippen LogP contribution in [0.5, 0.6) is 0 Å². The van der Waals surface area contributed by atoms with Crippen molar-refractivity contribution in [2.45, 2.75) is 25.3 Å². The van der Waals surface area contributed by atoms with Gasteiger partial charge in [0.1, 0.15) is 5.82 Å². The lowest BCUT2D eigenvalue weighted by molar-refractivity contribution is 0.495. The summed E-state index contributed by atoms with van der Waals surface area (Å²) in [6, 6.07) is 6.72. The minimum absolute atomic E-state index is 0.206. The van der Waals surface area contributed by atoms with Gasteiger partial charge in [-0.15, -0.1) is 6.58 Å². The van der Waals surface area contributed by atoms with E-state index in [1.54, 1.807) is 12.1 Å². The van der Waals surface area contributed by atoms with E-state index < -0.39 is 0 Å². The Labute approximate surface area is 90.0 Å². The van der Waals surface area contributed by atoms with Crippen LogP contribution in [0.1, 0.15) is 18.4 Å². The molecule has 0 radical (unpaired) electrons. The maximum absolute atomic E-state index is 12.7. The average Bonchev–Trinajstić information content (AvgIpc) is 2.27. The van der Waals surface area contributed by atoms with Crippen molar-refractivity contribution >= 4 is 0 Å². The molecule has 1 aromatic carbocycles. The van der Waals surface area contributed by atoms with Crippen LogP contribution in [0.4, 0.5) is 4.39 Å². The van der Waals surface area contributed by atoms with Crippen molar-refractivity contribution in [2.75, 3.05) is 0 Å². The van der Waals surface area contributed by atoms with E-state index in [0.717, 1.165) is 24.8 Å². The van der Waals surface area contributed by atoms with Crippen LogP contribution >= 0.6 is 0 Å². The van der Waals surface area contributed by atoms with E-state index in [4.69, 9.17) is 5.84 Å². The molecule has 2 nitrogen and oxygen atoms in total. The van der Waals surface area contributed by atoms with Gasteiger partial charge in [-0.1, -0.05) is 18.2 Å². The zero-order chi connectivity index (χ0) is 11.1. The Bertz CT molecular complexity index is 295. The van der Waals surface area contributed by atoms with Crippen molar-refractivity contribution in [3.05, 3.63) is 48.3 Å². The molecule has 0 aromatic heterocycles. The third-order valence-electron chi connectivity index (χ3n) is 2.35. The second-order valence-corrected chi connectivity index (χ2v) is 3.56. The minimum Gasteiger partial charge on any atom is -0.271 e. The van der Waals surface area contributed by atoms with E-state index in [9.17, 15) is 4.39 Å². The number of hydrogen-bond donors (Lipinski definition) is 2. The highest BCUT2D eigenvalue weighted by Gasteiger charge is 2.06. The predicted octanol–water partition coefficient (Wildman–Crippen LogP) is 2.17. The average molecular weight is 208 g/mol. The number of nitrogens with one attached hydrogen (secondary N) is 1. The molecule has 0 aliphatic rings. The van der Waals surface area contributed by atoms with E-state index in [1.165, 1.54) is 12.1 Å². The number of hydrazine groups is 1. The molecule has 15 heavy (non-hydrogen) atoms. The van der Waals surface area contributed by atoms with Crippen LogP contribution in [0, 0.1) is 5.82 Å². The highest BCUT2D eigenvalue weighted by Crippen LogP contribution is 2.08. The van der Waals surface area contributed by atoms with Gasteiger partial charge in [0.25, 0.3) is 0 Å². The van der Waals surface area contributed by atoms with Crippen molar-refractivity contribution < 1.29 is 4.39 Å². The molecule has 1 atom stereocenters. The molecule has 3 N–H and O–H groups in total. The van der Waals surface area contributed by atoms with Crippen molar-refractivity contribution in [2.24, 2.45) is 5.84 Å². The second kappa shape index (κ2) is 6.32. The van der Waals surface area contributed by atoms with Gasteiger partial charge in [0, 0.05) is 6.04 Å². The van der Waals surface area contributed by atoms with Gasteiger partial charge in [-0.2, -0.15) is 0 Å². The molecule has 0 aliphatic heterocycles. The molecular weight excluding hydrogens is 191 g/mol. The summed E-state index contributed by atoms with van der Waals surface area (Å²) in [6.45, 7) is 3.67. The minimum atomic E-state index is -0.206. The molecule has 0 aliphatic carbocycles. The quantitative estimate of drug-likeness (QED) is 0.427. The largest absolute Gasteiger partial charge is 0.271 e. The fourth-order valence-corrected chi connectivity index (χ4v) is 1.47. The third kappa shape index (κ3) is 4.23. The molecule has 0 saturated heterocycles. The first kappa shape index (κ1) is 11.9. The summed E-state index contributed by atoms with van der Waals surface area (Å²) in [4.78, 5) is 0. The van der Waals surface area contributed by atoms with Gasteiger partial charge in [-0.25, -0.2) is 4.39 Å². The van der Waals surface area contributed by atoms with Gasteiger partial charge in [0.2, 0.25) is 0 Å². The number of nitrogens with two attached hydrogens (primary N) is 1. The van der Waals surface area contributed by atoms with Gasteiger partial charge in [0.05, 0.1) is 0 Å². The fourth-order valence-electron chi connectivity index (χ4n) is 1.47. The van der Waals surface area contributed by atoms with Crippen LogP contribution in [-0.4, -0.2) is 6.04 Å². The number of hydrogen-bond acceptors (Lipinski definition) is 2. The summed E-state index contributed by atoms with van der Waals surface area (Å²) in [5.41, 5.74) is 3.84. The van der Waals surface area contributed by atoms with Gasteiger partial charge in [-0.05, 0) is 37.0 Å². The number of rotatable bonds is 6. The van der Waals surface area contributed by atoms with E-state index in [2.05, 4.69) is 12.0 Å². The van der Waals surface area contributed by atoms with E-state index in [0.29, 0.717) is 0 Å². The Morgan fingerprint density at radius 2 is 2.07 bits per heavy atom. The van der Waals surface area contributed by atoms with E-state index in [1.807, 2.05) is 6.08 Å². The SMILES string of the molecule is C=CCCC(Cc1ccc(F)cc1)NN. The maximum Gasteiger partial charge on any atom is 0.123 e. The molecule has 0 spiro atoms. The molecule has 3 heteroatoms.